The second-order valence-electron chi connectivity index (χ2n) is 19.9. The van der Waals surface area contributed by atoms with Gasteiger partial charge in [-0.3, -0.25) is 14.4 Å². The number of unbranched alkanes of at least 4 members (excludes halogenated alkanes) is 30. The van der Waals surface area contributed by atoms with Crippen LogP contribution >= 0.6 is 0 Å². The molecule has 3 unspecified atom stereocenters. The van der Waals surface area contributed by atoms with Crippen LogP contribution in [0, 0.1) is 0 Å². The van der Waals surface area contributed by atoms with E-state index in [9.17, 15) is 27.6 Å². The van der Waals surface area contributed by atoms with Crippen molar-refractivity contribution in [3.8, 4) is 0 Å². The molecule has 6 nitrogen and oxygen atoms in total. The second-order valence-corrected chi connectivity index (χ2v) is 19.9. The lowest BCUT2D eigenvalue weighted by Gasteiger charge is -2.18. The third-order valence-electron chi connectivity index (χ3n) is 13.2. The summed E-state index contributed by atoms with van der Waals surface area (Å²) in [4.78, 5) is 38.1. The summed E-state index contributed by atoms with van der Waals surface area (Å²) in [6, 6.07) is 0. The zero-order valence-corrected chi connectivity index (χ0v) is 43.6. The van der Waals surface area contributed by atoms with Crippen LogP contribution in [0.2, 0.25) is 0 Å². The highest BCUT2D eigenvalue weighted by atomic mass is 19.1. The molecule has 392 valence electrons. The minimum Gasteiger partial charge on any atom is -0.462 e. The molecule has 3 atom stereocenters. The fourth-order valence-electron chi connectivity index (χ4n) is 8.78. The van der Waals surface area contributed by atoms with Crippen LogP contribution in [0.5, 0.6) is 0 Å². The van der Waals surface area contributed by atoms with Crippen LogP contribution in [-0.4, -0.2) is 55.7 Å². The predicted octanol–water partition coefficient (Wildman–Crippen LogP) is 18.6. The zero-order chi connectivity index (χ0) is 48.4. The first-order valence-corrected chi connectivity index (χ1v) is 28.6. The Morgan fingerprint density at radius 3 is 0.773 bits per heavy atom. The van der Waals surface area contributed by atoms with Crippen molar-refractivity contribution in [3.05, 3.63) is 0 Å². The third kappa shape index (κ3) is 48.6. The molecular weight excluding hydrogens is 838 g/mol. The standard InChI is InChI=1S/C57H107F3O6/c1-4-7-10-31-40-51(58)43-34-25-19-13-16-22-28-37-46-55(61)64-49-54(66-57(63)48-39-30-24-18-15-21-27-36-45-53(60)42-33-12-9-6-3)50-65-56(62)47-38-29-23-17-14-20-26-35-44-52(59)41-32-11-8-5-2/h51-54H,4-50H2,1-3H3. The summed E-state index contributed by atoms with van der Waals surface area (Å²) in [6.07, 6.45) is 40.2. The van der Waals surface area contributed by atoms with E-state index in [1.807, 2.05) is 0 Å². The van der Waals surface area contributed by atoms with E-state index < -0.39 is 24.6 Å². The van der Waals surface area contributed by atoms with Gasteiger partial charge in [0, 0.05) is 19.3 Å². The van der Waals surface area contributed by atoms with Crippen molar-refractivity contribution < 1.29 is 41.8 Å². The van der Waals surface area contributed by atoms with Gasteiger partial charge >= 0.3 is 17.9 Å². The minimum absolute atomic E-state index is 0.136. The van der Waals surface area contributed by atoms with E-state index in [1.165, 1.54) is 38.5 Å². The highest BCUT2D eigenvalue weighted by Crippen LogP contribution is 2.20. The second kappa shape index (κ2) is 51.1. The minimum atomic E-state index is -0.840. The Balaban J connectivity index is 4.41. The van der Waals surface area contributed by atoms with Gasteiger partial charge < -0.3 is 14.2 Å². The molecule has 0 aromatic heterocycles. The SMILES string of the molecule is CCCCCCC(F)CCCCCCCCCCC(=O)OCC(COC(=O)CCCCCCCCCCC(F)CCCCCC)OC(=O)CCCCCCCCCCC(F)CCCCCC. The first-order chi connectivity index (χ1) is 32.2. The van der Waals surface area contributed by atoms with Crippen LogP contribution in [0.25, 0.3) is 0 Å². The summed E-state index contributed by atoms with van der Waals surface area (Å²) in [5.74, 6) is -1.05. The van der Waals surface area contributed by atoms with Crippen LogP contribution < -0.4 is 0 Å². The van der Waals surface area contributed by atoms with Crippen molar-refractivity contribution in [2.45, 2.75) is 334 Å². The molecule has 0 aliphatic heterocycles. The van der Waals surface area contributed by atoms with Crippen molar-refractivity contribution in [2.75, 3.05) is 13.2 Å². The average Bonchev–Trinajstić information content (AvgIpc) is 3.30. The number of rotatable bonds is 53. The fraction of sp³-hybridized carbons (Fsp3) is 0.947. The van der Waals surface area contributed by atoms with Crippen molar-refractivity contribution in [2.24, 2.45) is 0 Å². The smallest absolute Gasteiger partial charge is 0.306 e. The number of esters is 3. The molecule has 0 bridgehead atoms. The van der Waals surface area contributed by atoms with Gasteiger partial charge in [0.1, 0.15) is 31.7 Å². The number of hydrogen-bond acceptors (Lipinski definition) is 6. The largest absolute Gasteiger partial charge is 0.462 e. The summed E-state index contributed by atoms with van der Waals surface area (Å²) in [7, 11) is 0. The number of alkyl halides is 3. The molecule has 0 saturated carbocycles. The van der Waals surface area contributed by atoms with Gasteiger partial charge in [0.15, 0.2) is 6.10 Å². The molecule has 0 heterocycles. The molecule has 0 spiro atoms. The van der Waals surface area contributed by atoms with Crippen molar-refractivity contribution in [1.82, 2.24) is 0 Å². The van der Waals surface area contributed by atoms with Crippen LogP contribution in [-0.2, 0) is 28.6 Å². The number of hydrogen-bond donors (Lipinski definition) is 0. The molecule has 0 amide bonds. The molecule has 0 aliphatic rings. The lowest BCUT2D eigenvalue weighted by atomic mass is 10.0. The van der Waals surface area contributed by atoms with E-state index in [2.05, 4.69) is 20.8 Å². The van der Waals surface area contributed by atoms with E-state index in [0.29, 0.717) is 57.8 Å². The van der Waals surface area contributed by atoms with Crippen LogP contribution in [0.1, 0.15) is 310 Å². The third-order valence-corrected chi connectivity index (χ3v) is 13.2. The lowest BCUT2D eigenvalue weighted by molar-refractivity contribution is -0.167. The van der Waals surface area contributed by atoms with Crippen molar-refractivity contribution in [3.63, 3.8) is 0 Å². The van der Waals surface area contributed by atoms with Gasteiger partial charge in [0.05, 0.1) is 0 Å². The molecule has 0 rings (SSSR count). The van der Waals surface area contributed by atoms with Crippen LogP contribution in [0.4, 0.5) is 13.2 Å². The van der Waals surface area contributed by atoms with Crippen LogP contribution in [0.3, 0.4) is 0 Å². The van der Waals surface area contributed by atoms with Crippen molar-refractivity contribution in [1.29, 1.82) is 0 Å². The number of carbonyl (C=O) groups is 3. The topological polar surface area (TPSA) is 78.9 Å². The van der Waals surface area contributed by atoms with Gasteiger partial charge in [-0.1, -0.05) is 233 Å². The summed E-state index contributed by atoms with van der Waals surface area (Å²) in [5.41, 5.74) is 0. The first kappa shape index (κ1) is 64.2. The van der Waals surface area contributed by atoms with E-state index in [4.69, 9.17) is 14.2 Å². The quantitative estimate of drug-likeness (QED) is 0.0343. The molecule has 66 heavy (non-hydrogen) atoms. The number of carbonyl (C=O) groups excluding carboxylic acids is 3. The number of ether oxygens (including phenoxy) is 3. The Morgan fingerprint density at radius 2 is 0.515 bits per heavy atom. The molecule has 0 N–H and O–H groups in total. The summed E-state index contributed by atoms with van der Waals surface area (Å²) in [6.45, 7) is 6.26. The Kier molecular flexibility index (Phi) is 49.7. The Morgan fingerprint density at radius 1 is 0.303 bits per heavy atom. The van der Waals surface area contributed by atoms with E-state index in [1.54, 1.807) is 0 Å². The molecule has 0 saturated heterocycles. The van der Waals surface area contributed by atoms with Gasteiger partial charge in [-0.05, 0) is 57.8 Å². The Hall–Kier alpha value is -1.80. The number of halogens is 3. The molecule has 0 aliphatic carbocycles. The molecule has 0 radical (unpaired) electrons. The molecular formula is C57H107F3O6. The van der Waals surface area contributed by atoms with Crippen LogP contribution in [0.15, 0.2) is 0 Å². The maximum Gasteiger partial charge on any atom is 0.306 e. The van der Waals surface area contributed by atoms with Gasteiger partial charge in [0.25, 0.3) is 0 Å². The molecule has 0 aromatic carbocycles. The van der Waals surface area contributed by atoms with Gasteiger partial charge in [0.2, 0.25) is 0 Å². The highest BCUT2D eigenvalue weighted by molar-refractivity contribution is 5.71. The Bertz CT molecular complexity index is 992. The normalized spacial score (nSPS) is 13.4. The molecule has 0 fully saturated rings. The van der Waals surface area contributed by atoms with Crippen molar-refractivity contribution >= 4 is 17.9 Å². The van der Waals surface area contributed by atoms with E-state index in [0.717, 1.165) is 186 Å². The summed E-state index contributed by atoms with van der Waals surface area (Å²) < 4.78 is 58.9. The maximum absolute atomic E-state index is 14.1. The predicted molar refractivity (Wildman–Crippen MR) is 271 cm³/mol. The first-order valence-electron chi connectivity index (χ1n) is 28.6. The average molecular weight is 945 g/mol. The zero-order valence-electron chi connectivity index (χ0n) is 43.6. The fourth-order valence-corrected chi connectivity index (χ4v) is 8.78. The molecule has 9 heteroatoms. The maximum atomic E-state index is 14.1. The summed E-state index contributed by atoms with van der Waals surface area (Å²) >= 11 is 0. The lowest BCUT2D eigenvalue weighted by Crippen LogP contribution is -2.30. The van der Waals surface area contributed by atoms with Gasteiger partial charge in [-0.15, -0.1) is 0 Å². The summed E-state index contributed by atoms with van der Waals surface area (Å²) in [5, 5.41) is 0. The highest BCUT2D eigenvalue weighted by Gasteiger charge is 2.20. The Labute approximate surface area is 405 Å². The monoisotopic (exact) mass is 945 g/mol. The van der Waals surface area contributed by atoms with E-state index in [-0.39, 0.29) is 37.5 Å². The molecule has 0 aromatic rings. The van der Waals surface area contributed by atoms with E-state index >= 15 is 0 Å². The van der Waals surface area contributed by atoms with Gasteiger partial charge in [-0.25, -0.2) is 13.2 Å². The van der Waals surface area contributed by atoms with Gasteiger partial charge in [-0.2, -0.15) is 0 Å².